The van der Waals surface area contributed by atoms with Crippen LogP contribution in [0.3, 0.4) is 0 Å². The number of benzene rings is 1. The van der Waals surface area contributed by atoms with Crippen LogP contribution in [0.4, 0.5) is 5.69 Å². The lowest BCUT2D eigenvalue weighted by Crippen LogP contribution is -2.34. The average molecular weight is 370 g/mol. The fourth-order valence-electron chi connectivity index (χ4n) is 2.42. The molecule has 1 N–H and O–H groups in total. The molecule has 0 radical (unpaired) electrons. The molecule has 0 bridgehead atoms. The average Bonchev–Trinajstić information content (AvgIpc) is 2.53. The molecule has 0 fully saturated rings. The summed E-state index contributed by atoms with van der Waals surface area (Å²) < 4.78 is 35.9. The third-order valence-corrected chi connectivity index (χ3v) is 5.14. The largest absolute Gasteiger partial charge is 0.486 e. The second-order valence-electron chi connectivity index (χ2n) is 6.50. The van der Waals surface area contributed by atoms with Crippen LogP contribution in [0.1, 0.15) is 26.7 Å². The number of carbonyl (C=O) groups is 1. The molecule has 1 aliphatic rings. The number of nitrogens with zero attached hydrogens (tertiary/aromatic N) is 1. The number of sulfonamides is 1. The highest BCUT2D eigenvalue weighted by Crippen LogP contribution is 2.32. The number of rotatable bonds is 8. The van der Waals surface area contributed by atoms with Crippen LogP contribution in [-0.4, -0.2) is 51.2 Å². The molecule has 25 heavy (non-hydrogen) atoms. The van der Waals surface area contributed by atoms with Gasteiger partial charge in [0.2, 0.25) is 15.9 Å². The molecule has 0 saturated heterocycles. The summed E-state index contributed by atoms with van der Waals surface area (Å²) in [6.45, 7) is 5.65. The third-order valence-electron chi connectivity index (χ3n) is 3.84. The first-order valence-electron chi connectivity index (χ1n) is 8.40. The van der Waals surface area contributed by atoms with Crippen molar-refractivity contribution in [2.24, 2.45) is 5.92 Å². The van der Waals surface area contributed by atoms with E-state index in [1.165, 1.54) is 10.6 Å². The normalized spacial score (nSPS) is 14.0. The van der Waals surface area contributed by atoms with E-state index in [2.05, 4.69) is 5.32 Å². The zero-order chi connectivity index (χ0) is 18.4. The fourth-order valence-corrected chi connectivity index (χ4v) is 3.28. The summed E-state index contributed by atoms with van der Waals surface area (Å²) >= 11 is 0. The zero-order valence-corrected chi connectivity index (χ0v) is 15.8. The van der Waals surface area contributed by atoms with Gasteiger partial charge in [-0.2, -0.15) is 0 Å². The van der Waals surface area contributed by atoms with E-state index >= 15 is 0 Å². The number of ether oxygens (including phenoxy) is 2. The van der Waals surface area contributed by atoms with Gasteiger partial charge in [-0.25, -0.2) is 12.7 Å². The first-order valence-corrected chi connectivity index (χ1v) is 10.2. The monoisotopic (exact) mass is 370 g/mol. The molecule has 1 amide bonds. The van der Waals surface area contributed by atoms with Gasteiger partial charge in [-0.1, -0.05) is 13.8 Å². The maximum atomic E-state index is 12.1. The standard InChI is InChI=1S/C17H26N2O5S/c1-13(2)6-8-19(25(3,21)22)9-7-17(20)18-14-4-5-15-16(12-14)24-11-10-23-15/h4-5,12-13H,6-11H2,1-3H3,(H,18,20). The zero-order valence-electron chi connectivity index (χ0n) is 14.9. The van der Waals surface area contributed by atoms with E-state index in [1.54, 1.807) is 18.2 Å². The minimum atomic E-state index is -3.32. The van der Waals surface area contributed by atoms with Crippen LogP contribution in [0.5, 0.6) is 11.5 Å². The van der Waals surface area contributed by atoms with E-state index in [4.69, 9.17) is 9.47 Å². The Bertz CT molecular complexity index is 703. The van der Waals surface area contributed by atoms with Crippen LogP contribution in [-0.2, 0) is 14.8 Å². The Morgan fingerprint density at radius 3 is 2.52 bits per heavy atom. The van der Waals surface area contributed by atoms with Crippen molar-refractivity contribution in [1.29, 1.82) is 0 Å². The van der Waals surface area contributed by atoms with Crippen molar-refractivity contribution in [2.45, 2.75) is 26.7 Å². The summed E-state index contributed by atoms with van der Waals surface area (Å²) in [5, 5.41) is 2.77. The Hall–Kier alpha value is -1.80. The second-order valence-corrected chi connectivity index (χ2v) is 8.48. The molecule has 7 nitrogen and oxygen atoms in total. The molecule has 8 heteroatoms. The predicted molar refractivity (Wildman–Crippen MR) is 96.6 cm³/mol. The number of nitrogens with one attached hydrogen (secondary N) is 1. The van der Waals surface area contributed by atoms with Gasteiger partial charge in [-0.05, 0) is 24.5 Å². The maximum Gasteiger partial charge on any atom is 0.225 e. The molecule has 0 spiro atoms. The molecule has 0 aliphatic carbocycles. The van der Waals surface area contributed by atoms with Crippen molar-refractivity contribution in [3.63, 3.8) is 0 Å². The lowest BCUT2D eigenvalue weighted by Gasteiger charge is -2.21. The van der Waals surface area contributed by atoms with Crippen molar-refractivity contribution in [3.05, 3.63) is 18.2 Å². The summed E-state index contributed by atoms with van der Waals surface area (Å²) in [5.41, 5.74) is 0.599. The molecule has 0 aromatic heterocycles. The lowest BCUT2D eigenvalue weighted by atomic mass is 10.1. The number of hydrogen-bond donors (Lipinski definition) is 1. The molecule has 0 atom stereocenters. The van der Waals surface area contributed by atoms with Crippen LogP contribution in [0.15, 0.2) is 18.2 Å². The first kappa shape index (κ1) is 19.5. The number of anilines is 1. The minimum absolute atomic E-state index is 0.0968. The SMILES string of the molecule is CC(C)CCN(CCC(=O)Nc1ccc2c(c1)OCCO2)S(C)(=O)=O. The second kappa shape index (κ2) is 8.53. The smallest absolute Gasteiger partial charge is 0.225 e. The predicted octanol–water partition coefficient (Wildman–Crippen LogP) is 2.09. The number of fused-ring (bicyclic) bond motifs is 1. The van der Waals surface area contributed by atoms with Gasteiger partial charge in [0.25, 0.3) is 0 Å². The van der Waals surface area contributed by atoms with Crippen LogP contribution < -0.4 is 14.8 Å². The maximum absolute atomic E-state index is 12.1. The first-order chi connectivity index (χ1) is 11.8. The fraction of sp³-hybridized carbons (Fsp3) is 0.588. The molecule has 1 heterocycles. The Morgan fingerprint density at radius 1 is 1.20 bits per heavy atom. The Morgan fingerprint density at radius 2 is 1.88 bits per heavy atom. The van der Waals surface area contributed by atoms with Gasteiger partial charge in [0.05, 0.1) is 6.26 Å². The molecule has 0 saturated carbocycles. The van der Waals surface area contributed by atoms with E-state index in [9.17, 15) is 13.2 Å². The molecule has 1 aliphatic heterocycles. The molecule has 1 aromatic carbocycles. The van der Waals surface area contributed by atoms with Crippen molar-refractivity contribution in [1.82, 2.24) is 4.31 Å². The summed E-state index contributed by atoms with van der Waals surface area (Å²) in [7, 11) is -3.32. The molecule has 140 valence electrons. The van der Waals surface area contributed by atoms with Gasteiger partial charge in [0.15, 0.2) is 11.5 Å². The topological polar surface area (TPSA) is 84.9 Å². The summed E-state index contributed by atoms with van der Waals surface area (Å²) in [4.78, 5) is 12.1. The van der Waals surface area contributed by atoms with Crippen LogP contribution in [0.25, 0.3) is 0 Å². The van der Waals surface area contributed by atoms with E-state index in [-0.39, 0.29) is 18.9 Å². The van der Waals surface area contributed by atoms with Gasteiger partial charge in [-0.3, -0.25) is 4.79 Å². The molecular formula is C17H26N2O5S. The number of amides is 1. The van der Waals surface area contributed by atoms with E-state index in [0.717, 1.165) is 6.42 Å². The molecular weight excluding hydrogens is 344 g/mol. The Labute approximate surface area is 149 Å². The summed E-state index contributed by atoms with van der Waals surface area (Å²) in [6, 6.07) is 5.19. The van der Waals surface area contributed by atoms with E-state index < -0.39 is 10.0 Å². The number of carbonyl (C=O) groups excluding carboxylic acids is 1. The highest BCUT2D eigenvalue weighted by atomic mass is 32.2. The van der Waals surface area contributed by atoms with Gasteiger partial charge in [0.1, 0.15) is 13.2 Å². The van der Waals surface area contributed by atoms with Gasteiger partial charge in [-0.15, -0.1) is 0 Å². The van der Waals surface area contributed by atoms with Crippen molar-refractivity contribution in [2.75, 3.05) is 37.9 Å². The van der Waals surface area contributed by atoms with Gasteiger partial charge >= 0.3 is 0 Å². The van der Waals surface area contributed by atoms with Gasteiger partial charge < -0.3 is 14.8 Å². The Kier molecular flexibility index (Phi) is 6.66. The molecule has 1 aromatic rings. The van der Waals surface area contributed by atoms with Crippen LogP contribution >= 0.6 is 0 Å². The van der Waals surface area contributed by atoms with Crippen molar-refractivity contribution in [3.8, 4) is 11.5 Å². The van der Waals surface area contributed by atoms with Gasteiger partial charge in [0, 0.05) is 31.3 Å². The van der Waals surface area contributed by atoms with Crippen molar-refractivity contribution >= 4 is 21.6 Å². The summed E-state index contributed by atoms with van der Waals surface area (Å²) in [6.07, 6.45) is 2.03. The summed E-state index contributed by atoms with van der Waals surface area (Å²) in [5.74, 6) is 1.41. The van der Waals surface area contributed by atoms with E-state index in [1.807, 2.05) is 13.8 Å². The number of hydrogen-bond acceptors (Lipinski definition) is 5. The third kappa shape index (κ3) is 6.21. The quantitative estimate of drug-likeness (QED) is 0.757. The Balaban J connectivity index is 1.90. The van der Waals surface area contributed by atoms with E-state index in [0.29, 0.717) is 42.9 Å². The highest BCUT2D eigenvalue weighted by Gasteiger charge is 2.18. The van der Waals surface area contributed by atoms with Crippen LogP contribution in [0.2, 0.25) is 0 Å². The molecule has 0 unspecified atom stereocenters. The van der Waals surface area contributed by atoms with Crippen molar-refractivity contribution < 1.29 is 22.7 Å². The molecule has 2 rings (SSSR count). The minimum Gasteiger partial charge on any atom is -0.486 e. The highest BCUT2D eigenvalue weighted by molar-refractivity contribution is 7.88. The lowest BCUT2D eigenvalue weighted by molar-refractivity contribution is -0.116. The van der Waals surface area contributed by atoms with Crippen LogP contribution in [0, 0.1) is 5.92 Å².